The Kier molecular flexibility index (Phi) is 8.53. The summed E-state index contributed by atoms with van der Waals surface area (Å²) in [5, 5.41) is 0. The summed E-state index contributed by atoms with van der Waals surface area (Å²) in [5.74, 6) is 0.846. The molecular weight excluding hydrogens is 515 g/mol. The van der Waals surface area contributed by atoms with E-state index in [2.05, 4.69) is 50.0 Å². The molecule has 1 saturated heterocycles. The molecule has 1 fully saturated rings. The van der Waals surface area contributed by atoms with Crippen LogP contribution in [0, 0.1) is 5.82 Å². The number of thiocarbonyl (C=S) groups is 1. The maximum atomic E-state index is 14.0. The van der Waals surface area contributed by atoms with Crippen LogP contribution in [0.25, 0.3) is 0 Å². The van der Waals surface area contributed by atoms with Crippen molar-refractivity contribution in [3.8, 4) is 11.5 Å². The van der Waals surface area contributed by atoms with Gasteiger partial charge in [0.2, 0.25) is 0 Å². The number of nitrogens with zero attached hydrogens (tertiary/aromatic N) is 2. The first-order chi connectivity index (χ1) is 16.5. The van der Waals surface area contributed by atoms with Crippen LogP contribution in [0.3, 0.4) is 0 Å². The molecule has 0 aliphatic carbocycles. The Balaban J connectivity index is 1.43. The Morgan fingerprint density at radius 2 is 1.68 bits per heavy atom. The molecule has 178 valence electrons. The first-order valence-corrected chi connectivity index (χ1v) is 12.6. The van der Waals surface area contributed by atoms with Crippen molar-refractivity contribution in [3.05, 3.63) is 93.7 Å². The molecule has 0 N–H and O–H groups in total. The minimum Gasteiger partial charge on any atom is -0.490 e. The average molecular weight is 544 g/mol. The smallest absolute Gasteiger partial charge is 0.175 e. The summed E-state index contributed by atoms with van der Waals surface area (Å²) in [6.45, 7) is 7.13. The molecule has 0 atom stereocenters. The number of ether oxygens (including phenoxy) is 2. The monoisotopic (exact) mass is 542 g/mol. The first-order valence-electron chi connectivity index (χ1n) is 11.4. The number of piperazine rings is 1. The van der Waals surface area contributed by atoms with E-state index < -0.39 is 0 Å². The highest BCUT2D eigenvalue weighted by Crippen LogP contribution is 2.38. The summed E-state index contributed by atoms with van der Waals surface area (Å²) in [6, 6.07) is 21.0. The van der Waals surface area contributed by atoms with E-state index in [1.54, 1.807) is 18.2 Å². The summed E-state index contributed by atoms with van der Waals surface area (Å²) in [6.07, 6.45) is 0. The van der Waals surface area contributed by atoms with Gasteiger partial charge < -0.3 is 14.4 Å². The van der Waals surface area contributed by atoms with E-state index in [0.717, 1.165) is 47.7 Å². The van der Waals surface area contributed by atoms with E-state index >= 15 is 0 Å². The van der Waals surface area contributed by atoms with Crippen LogP contribution in [0.2, 0.25) is 0 Å². The fourth-order valence-electron chi connectivity index (χ4n) is 3.99. The average Bonchev–Trinajstić information content (AvgIpc) is 2.85. The van der Waals surface area contributed by atoms with Gasteiger partial charge in [-0.05, 0) is 46.6 Å². The maximum Gasteiger partial charge on any atom is 0.175 e. The van der Waals surface area contributed by atoms with Crippen LogP contribution in [0.5, 0.6) is 11.5 Å². The van der Waals surface area contributed by atoms with Crippen molar-refractivity contribution in [3.63, 3.8) is 0 Å². The van der Waals surface area contributed by atoms with Gasteiger partial charge in [-0.3, -0.25) is 4.90 Å². The van der Waals surface area contributed by atoms with Gasteiger partial charge in [-0.25, -0.2) is 4.39 Å². The van der Waals surface area contributed by atoms with E-state index in [-0.39, 0.29) is 12.4 Å². The normalized spacial score (nSPS) is 14.1. The lowest BCUT2D eigenvalue weighted by atomic mass is 10.1. The van der Waals surface area contributed by atoms with Crippen molar-refractivity contribution < 1.29 is 13.9 Å². The van der Waals surface area contributed by atoms with Crippen molar-refractivity contribution in [2.75, 3.05) is 32.8 Å². The first kappa shape index (κ1) is 24.6. The maximum absolute atomic E-state index is 14.0. The summed E-state index contributed by atoms with van der Waals surface area (Å²) >= 11 is 9.47. The van der Waals surface area contributed by atoms with E-state index in [0.29, 0.717) is 23.7 Å². The van der Waals surface area contributed by atoms with Crippen LogP contribution in [0.15, 0.2) is 71.2 Å². The number of hydrogen-bond donors (Lipinski definition) is 0. The zero-order chi connectivity index (χ0) is 23.9. The second kappa shape index (κ2) is 11.8. The number of rotatable bonds is 8. The van der Waals surface area contributed by atoms with Crippen molar-refractivity contribution in [2.45, 2.75) is 20.1 Å². The van der Waals surface area contributed by atoms with Crippen LogP contribution in [0.1, 0.15) is 23.6 Å². The molecule has 4 nitrogen and oxygen atoms in total. The molecule has 3 aromatic carbocycles. The Hall–Kier alpha value is -2.48. The van der Waals surface area contributed by atoms with Crippen LogP contribution in [-0.2, 0) is 13.2 Å². The second-order valence-corrected chi connectivity index (χ2v) is 9.39. The molecule has 0 unspecified atom stereocenters. The molecule has 0 saturated carbocycles. The van der Waals surface area contributed by atoms with E-state index in [4.69, 9.17) is 21.7 Å². The third kappa shape index (κ3) is 6.14. The van der Waals surface area contributed by atoms with Gasteiger partial charge in [0.1, 0.15) is 17.4 Å². The zero-order valence-electron chi connectivity index (χ0n) is 19.2. The Morgan fingerprint density at radius 3 is 2.38 bits per heavy atom. The molecule has 7 heteroatoms. The Bertz CT molecular complexity index is 1120. The van der Waals surface area contributed by atoms with Gasteiger partial charge in [-0.1, -0.05) is 60.7 Å². The van der Waals surface area contributed by atoms with Crippen LogP contribution in [-0.4, -0.2) is 47.6 Å². The quantitative estimate of drug-likeness (QED) is 0.322. The van der Waals surface area contributed by atoms with Crippen molar-refractivity contribution >= 4 is 33.1 Å². The topological polar surface area (TPSA) is 24.9 Å². The molecule has 0 bridgehead atoms. The predicted octanol–water partition coefficient (Wildman–Crippen LogP) is 6.06. The molecule has 0 amide bonds. The summed E-state index contributed by atoms with van der Waals surface area (Å²) in [5.41, 5.74) is 2.72. The number of hydrogen-bond acceptors (Lipinski definition) is 4. The minimum atomic E-state index is -0.291. The lowest BCUT2D eigenvalue weighted by Gasteiger charge is -2.36. The largest absolute Gasteiger partial charge is 0.490 e. The van der Waals surface area contributed by atoms with Crippen molar-refractivity contribution in [1.82, 2.24) is 9.80 Å². The van der Waals surface area contributed by atoms with Crippen molar-refractivity contribution in [1.29, 1.82) is 0 Å². The number of halogens is 2. The molecule has 0 spiro atoms. The molecular formula is C27H28BrFN2O2S. The standard InChI is InChI=1S/C27H28BrFN2O2S/c1-2-32-25-17-22(16-23(28)26(25)33-19-21-10-6-7-11-24(21)29)27(34)31-14-12-30(13-15-31)18-20-8-4-3-5-9-20/h3-11,16-17H,2,12-15,18-19H2,1H3. The van der Waals surface area contributed by atoms with Crippen LogP contribution < -0.4 is 9.47 Å². The van der Waals surface area contributed by atoms with Crippen LogP contribution >= 0.6 is 28.1 Å². The lowest BCUT2D eigenvalue weighted by molar-refractivity contribution is 0.177. The Morgan fingerprint density at radius 1 is 0.971 bits per heavy atom. The third-order valence-electron chi connectivity index (χ3n) is 5.79. The van der Waals surface area contributed by atoms with Gasteiger partial charge in [0, 0.05) is 43.9 Å². The number of benzene rings is 3. The molecule has 1 aliphatic heterocycles. The van der Waals surface area contributed by atoms with Gasteiger partial charge in [0.25, 0.3) is 0 Å². The van der Waals surface area contributed by atoms with Gasteiger partial charge in [-0.15, -0.1) is 0 Å². The second-order valence-electron chi connectivity index (χ2n) is 8.15. The van der Waals surface area contributed by atoms with E-state index in [9.17, 15) is 4.39 Å². The zero-order valence-corrected chi connectivity index (χ0v) is 21.6. The SMILES string of the molecule is CCOc1cc(C(=S)N2CCN(Cc3ccccc3)CC2)cc(Br)c1OCc1ccccc1F. The minimum absolute atomic E-state index is 0.110. The fourth-order valence-corrected chi connectivity index (χ4v) is 4.85. The highest BCUT2D eigenvalue weighted by Gasteiger charge is 2.22. The van der Waals surface area contributed by atoms with Crippen LogP contribution in [0.4, 0.5) is 4.39 Å². The van der Waals surface area contributed by atoms with E-state index in [1.165, 1.54) is 11.6 Å². The molecule has 4 rings (SSSR count). The lowest BCUT2D eigenvalue weighted by Crippen LogP contribution is -2.48. The summed E-state index contributed by atoms with van der Waals surface area (Å²) < 4.78 is 26.6. The fraction of sp³-hybridized carbons (Fsp3) is 0.296. The van der Waals surface area contributed by atoms with Gasteiger partial charge in [0.15, 0.2) is 11.5 Å². The third-order valence-corrected chi connectivity index (χ3v) is 6.88. The van der Waals surface area contributed by atoms with Gasteiger partial charge in [0.05, 0.1) is 11.1 Å². The highest BCUT2D eigenvalue weighted by molar-refractivity contribution is 9.10. The summed E-state index contributed by atoms with van der Waals surface area (Å²) in [7, 11) is 0. The highest BCUT2D eigenvalue weighted by atomic mass is 79.9. The molecule has 34 heavy (non-hydrogen) atoms. The van der Waals surface area contributed by atoms with Crippen molar-refractivity contribution in [2.24, 2.45) is 0 Å². The summed E-state index contributed by atoms with van der Waals surface area (Å²) in [4.78, 5) is 5.49. The predicted molar refractivity (Wildman–Crippen MR) is 141 cm³/mol. The van der Waals surface area contributed by atoms with E-state index in [1.807, 2.05) is 25.1 Å². The molecule has 3 aromatic rings. The van der Waals surface area contributed by atoms with Gasteiger partial charge in [-0.2, -0.15) is 0 Å². The van der Waals surface area contributed by atoms with Gasteiger partial charge >= 0.3 is 0 Å². The molecule has 0 radical (unpaired) electrons. The molecule has 1 heterocycles. The Labute approximate surface area is 214 Å². The molecule has 1 aliphatic rings. The molecule has 0 aromatic heterocycles.